The van der Waals surface area contributed by atoms with E-state index in [-0.39, 0.29) is 17.5 Å². The molecule has 5 heteroatoms. The van der Waals surface area contributed by atoms with Crippen LogP contribution in [0.5, 0.6) is 5.75 Å². The summed E-state index contributed by atoms with van der Waals surface area (Å²) in [6.45, 7) is 4.75. The standard InChI is InChI=1S/C16H20FN3O/c1-16(2)7-14(18-8-12-9-20(3)10-19-12)13-6-11(17)4-5-15(13)21-16/h4-6,9-10,14,18H,7-8H2,1-3H3. The molecule has 3 rings (SSSR count). The first-order chi connectivity index (χ1) is 9.93. The van der Waals surface area contributed by atoms with Gasteiger partial charge in [-0.2, -0.15) is 0 Å². The second-order valence-electron chi connectivity index (χ2n) is 6.21. The lowest BCUT2D eigenvalue weighted by Gasteiger charge is -2.38. The average molecular weight is 289 g/mol. The molecule has 112 valence electrons. The summed E-state index contributed by atoms with van der Waals surface area (Å²) in [6, 6.07) is 4.76. The van der Waals surface area contributed by atoms with Crippen molar-refractivity contribution in [1.29, 1.82) is 0 Å². The molecule has 1 N–H and O–H groups in total. The molecular weight excluding hydrogens is 269 g/mol. The molecule has 1 atom stereocenters. The molecule has 1 aromatic carbocycles. The van der Waals surface area contributed by atoms with E-state index in [0.717, 1.165) is 23.4 Å². The molecule has 0 saturated carbocycles. The van der Waals surface area contributed by atoms with Crippen molar-refractivity contribution in [1.82, 2.24) is 14.9 Å². The highest BCUT2D eigenvalue weighted by Gasteiger charge is 2.33. The second kappa shape index (κ2) is 5.15. The third-order valence-electron chi connectivity index (χ3n) is 3.72. The van der Waals surface area contributed by atoms with Gasteiger partial charge in [0.25, 0.3) is 0 Å². The van der Waals surface area contributed by atoms with Crippen LogP contribution in [0.2, 0.25) is 0 Å². The normalized spacial score (nSPS) is 19.9. The topological polar surface area (TPSA) is 39.1 Å². The number of hydrogen-bond acceptors (Lipinski definition) is 3. The molecule has 0 spiro atoms. The molecule has 0 bridgehead atoms. The predicted octanol–water partition coefficient (Wildman–Crippen LogP) is 2.95. The highest BCUT2D eigenvalue weighted by Crippen LogP contribution is 2.39. The minimum Gasteiger partial charge on any atom is -0.487 e. The van der Waals surface area contributed by atoms with Gasteiger partial charge in [-0.15, -0.1) is 0 Å². The Morgan fingerprint density at radius 1 is 1.48 bits per heavy atom. The summed E-state index contributed by atoms with van der Waals surface area (Å²) < 4.78 is 21.4. The highest BCUT2D eigenvalue weighted by atomic mass is 19.1. The van der Waals surface area contributed by atoms with Gasteiger partial charge in [-0.1, -0.05) is 0 Å². The molecule has 21 heavy (non-hydrogen) atoms. The van der Waals surface area contributed by atoms with Gasteiger partial charge in [0, 0.05) is 37.8 Å². The van der Waals surface area contributed by atoms with Crippen molar-refractivity contribution < 1.29 is 9.13 Å². The average Bonchev–Trinajstić information content (AvgIpc) is 2.82. The van der Waals surface area contributed by atoms with Gasteiger partial charge < -0.3 is 14.6 Å². The van der Waals surface area contributed by atoms with Gasteiger partial charge in [0.05, 0.1) is 12.0 Å². The van der Waals surface area contributed by atoms with E-state index in [1.807, 2.05) is 17.8 Å². The minimum atomic E-state index is -0.271. The van der Waals surface area contributed by atoms with E-state index < -0.39 is 0 Å². The fourth-order valence-corrected chi connectivity index (χ4v) is 2.79. The molecule has 0 aliphatic carbocycles. The van der Waals surface area contributed by atoms with Gasteiger partial charge in [-0.05, 0) is 32.0 Å². The number of benzene rings is 1. The predicted molar refractivity (Wildman–Crippen MR) is 78.5 cm³/mol. The van der Waals surface area contributed by atoms with E-state index in [9.17, 15) is 4.39 Å². The molecule has 2 heterocycles. The molecule has 1 aromatic heterocycles. The number of halogens is 1. The smallest absolute Gasteiger partial charge is 0.125 e. The largest absolute Gasteiger partial charge is 0.487 e. The van der Waals surface area contributed by atoms with Crippen molar-refractivity contribution in [3.63, 3.8) is 0 Å². The molecule has 1 aliphatic rings. The number of aromatic nitrogens is 2. The lowest BCUT2D eigenvalue weighted by Crippen LogP contribution is -2.39. The Hall–Kier alpha value is -1.88. The summed E-state index contributed by atoms with van der Waals surface area (Å²) in [6.07, 6.45) is 4.54. The van der Waals surface area contributed by atoms with E-state index in [1.54, 1.807) is 18.5 Å². The lowest BCUT2D eigenvalue weighted by molar-refractivity contribution is 0.0654. The summed E-state index contributed by atoms with van der Waals surface area (Å²) in [7, 11) is 1.94. The minimum absolute atomic E-state index is 0.0569. The van der Waals surface area contributed by atoms with E-state index >= 15 is 0 Å². The summed E-state index contributed by atoms with van der Waals surface area (Å²) in [5.74, 6) is 0.521. The summed E-state index contributed by atoms with van der Waals surface area (Å²) >= 11 is 0. The second-order valence-corrected chi connectivity index (χ2v) is 6.21. The van der Waals surface area contributed by atoms with E-state index in [0.29, 0.717) is 6.54 Å². The first-order valence-electron chi connectivity index (χ1n) is 7.12. The Morgan fingerprint density at radius 2 is 2.29 bits per heavy atom. The van der Waals surface area contributed by atoms with Crippen LogP contribution in [-0.2, 0) is 13.6 Å². The van der Waals surface area contributed by atoms with Crippen molar-refractivity contribution in [3.8, 4) is 5.75 Å². The maximum absolute atomic E-state index is 13.5. The van der Waals surface area contributed by atoms with E-state index in [4.69, 9.17) is 4.74 Å². The molecule has 0 amide bonds. The molecule has 2 aromatic rings. The zero-order chi connectivity index (χ0) is 15.0. The van der Waals surface area contributed by atoms with Crippen LogP contribution in [0.3, 0.4) is 0 Å². The van der Waals surface area contributed by atoms with Crippen LogP contribution in [-0.4, -0.2) is 15.2 Å². The zero-order valence-electron chi connectivity index (χ0n) is 12.6. The van der Waals surface area contributed by atoms with Crippen LogP contribution in [0.1, 0.15) is 37.6 Å². The number of rotatable bonds is 3. The Morgan fingerprint density at radius 3 is 3.00 bits per heavy atom. The zero-order valence-corrected chi connectivity index (χ0v) is 12.6. The Kier molecular flexibility index (Phi) is 3.45. The van der Waals surface area contributed by atoms with Crippen molar-refractivity contribution in [2.24, 2.45) is 7.05 Å². The van der Waals surface area contributed by atoms with Crippen molar-refractivity contribution in [2.75, 3.05) is 0 Å². The quantitative estimate of drug-likeness (QED) is 0.944. The first-order valence-corrected chi connectivity index (χ1v) is 7.12. The molecule has 0 radical (unpaired) electrons. The number of imidazole rings is 1. The van der Waals surface area contributed by atoms with Crippen LogP contribution in [0.15, 0.2) is 30.7 Å². The van der Waals surface area contributed by atoms with Gasteiger partial charge >= 0.3 is 0 Å². The third-order valence-corrected chi connectivity index (χ3v) is 3.72. The molecule has 0 saturated heterocycles. The van der Waals surface area contributed by atoms with Crippen molar-refractivity contribution >= 4 is 0 Å². The van der Waals surface area contributed by atoms with Crippen LogP contribution in [0, 0.1) is 5.82 Å². The maximum Gasteiger partial charge on any atom is 0.125 e. The lowest BCUT2D eigenvalue weighted by atomic mass is 9.89. The van der Waals surface area contributed by atoms with Crippen LogP contribution in [0.4, 0.5) is 4.39 Å². The molecular formula is C16H20FN3O. The molecule has 1 unspecified atom stereocenters. The number of hydrogen-bond donors (Lipinski definition) is 1. The number of ether oxygens (including phenoxy) is 1. The van der Waals surface area contributed by atoms with Crippen LogP contribution in [0.25, 0.3) is 0 Å². The van der Waals surface area contributed by atoms with Gasteiger partial charge in [-0.3, -0.25) is 0 Å². The van der Waals surface area contributed by atoms with Gasteiger partial charge in [0.15, 0.2) is 0 Å². The molecule has 0 fully saturated rings. The fourth-order valence-electron chi connectivity index (χ4n) is 2.79. The van der Waals surface area contributed by atoms with Gasteiger partial charge in [0.1, 0.15) is 17.2 Å². The maximum atomic E-state index is 13.5. The third kappa shape index (κ3) is 3.08. The van der Waals surface area contributed by atoms with Crippen molar-refractivity contribution in [3.05, 3.63) is 47.8 Å². The molecule has 1 aliphatic heterocycles. The van der Waals surface area contributed by atoms with Crippen molar-refractivity contribution in [2.45, 2.75) is 38.5 Å². The summed E-state index contributed by atoms with van der Waals surface area (Å²) in [5, 5.41) is 3.47. The highest BCUT2D eigenvalue weighted by molar-refractivity contribution is 5.39. The van der Waals surface area contributed by atoms with Crippen LogP contribution >= 0.6 is 0 Å². The number of nitrogens with one attached hydrogen (secondary N) is 1. The fraction of sp³-hybridized carbons (Fsp3) is 0.438. The number of fused-ring (bicyclic) bond motifs is 1. The SMILES string of the molecule is Cn1cnc(CNC2CC(C)(C)Oc3ccc(F)cc32)c1. The summed E-state index contributed by atoms with van der Waals surface area (Å²) in [5.41, 5.74) is 1.58. The Labute approximate surface area is 124 Å². The first kappa shape index (κ1) is 14.1. The molecule has 4 nitrogen and oxygen atoms in total. The van der Waals surface area contributed by atoms with Gasteiger partial charge in [-0.25, -0.2) is 9.37 Å². The van der Waals surface area contributed by atoms with Crippen LogP contribution < -0.4 is 10.1 Å². The Bertz CT molecular complexity index is 651. The number of nitrogens with zero attached hydrogens (tertiary/aromatic N) is 2. The van der Waals surface area contributed by atoms with E-state index in [1.165, 1.54) is 6.07 Å². The number of aryl methyl sites for hydroxylation is 1. The Balaban J connectivity index is 1.82. The summed E-state index contributed by atoms with van der Waals surface area (Å²) in [4.78, 5) is 4.31. The monoisotopic (exact) mass is 289 g/mol. The van der Waals surface area contributed by atoms with E-state index in [2.05, 4.69) is 24.1 Å². The van der Waals surface area contributed by atoms with Gasteiger partial charge in [0.2, 0.25) is 0 Å².